The van der Waals surface area contributed by atoms with Gasteiger partial charge in [-0.25, -0.2) is 4.39 Å². The maximum Gasteiger partial charge on any atom is 0.260 e. The molecule has 18 heavy (non-hydrogen) atoms. The number of carbonyl (C=O) groups is 1. The number of anilines is 1. The number of hydrogen-bond acceptors (Lipinski definition) is 3. The van der Waals surface area contributed by atoms with Crippen LogP contribution in [0.15, 0.2) is 16.6 Å². The predicted molar refractivity (Wildman–Crippen MR) is 69.8 cm³/mol. The summed E-state index contributed by atoms with van der Waals surface area (Å²) in [6.45, 7) is 1.63. The number of hydrogen-bond donors (Lipinski definition) is 2. The first-order valence-electron chi connectivity index (χ1n) is 5.69. The van der Waals surface area contributed by atoms with E-state index in [1.807, 2.05) is 0 Å². The van der Waals surface area contributed by atoms with Crippen molar-refractivity contribution in [1.82, 2.24) is 5.32 Å². The fourth-order valence-corrected chi connectivity index (χ4v) is 2.02. The molecule has 1 unspecified atom stereocenters. The minimum Gasteiger partial charge on any atom is -0.478 e. The third-order valence-corrected chi connectivity index (χ3v) is 3.21. The van der Waals surface area contributed by atoms with Crippen LogP contribution in [0.3, 0.4) is 0 Å². The van der Waals surface area contributed by atoms with Crippen molar-refractivity contribution < 1.29 is 13.9 Å². The minimum absolute atomic E-state index is 0.160. The molecule has 1 aromatic carbocycles. The van der Waals surface area contributed by atoms with Gasteiger partial charge in [0.25, 0.3) is 5.91 Å². The second-order valence-electron chi connectivity index (χ2n) is 4.35. The predicted octanol–water partition coefficient (Wildman–Crippen LogP) is 2.22. The molecule has 0 spiro atoms. The van der Waals surface area contributed by atoms with Gasteiger partial charge in [-0.1, -0.05) is 0 Å². The standard InChI is InChI=1S/C12H14BrFN2O2/c1-6(12(17)16-8-2-3-8)18-11-9(13)4-7(14)5-10(11)15/h4-6,8H,2-3,15H2,1H3,(H,16,17). The van der Waals surface area contributed by atoms with Gasteiger partial charge in [-0.05, 0) is 41.8 Å². The SMILES string of the molecule is CC(Oc1c(N)cc(F)cc1Br)C(=O)NC1CC1. The number of nitrogens with two attached hydrogens (primary N) is 1. The molecule has 0 heterocycles. The van der Waals surface area contributed by atoms with Crippen molar-refractivity contribution in [2.45, 2.75) is 31.9 Å². The molecule has 1 aliphatic carbocycles. The van der Waals surface area contributed by atoms with Crippen LogP contribution in [0.25, 0.3) is 0 Å². The van der Waals surface area contributed by atoms with E-state index in [-0.39, 0.29) is 23.4 Å². The number of nitrogen functional groups attached to an aromatic ring is 1. The largest absolute Gasteiger partial charge is 0.478 e. The van der Waals surface area contributed by atoms with E-state index < -0.39 is 11.9 Å². The first kappa shape index (κ1) is 13.1. The van der Waals surface area contributed by atoms with Crippen LogP contribution in [0.4, 0.5) is 10.1 Å². The first-order valence-corrected chi connectivity index (χ1v) is 6.48. The second kappa shape index (κ2) is 5.14. The second-order valence-corrected chi connectivity index (χ2v) is 5.20. The molecular weight excluding hydrogens is 303 g/mol. The van der Waals surface area contributed by atoms with Crippen LogP contribution in [0.1, 0.15) is 19.8 Å². The molecule has 0 aromatic heterocycles. The number of rotatable bonds is 4. The lowest BCUT2D eigenvalue weighted by Crippen LogP contribution is -2.37. The fourth-order valence-electron chi connectivity index (χ4n) is 1.48. The van der Waals surface area contributed by atoms with E-state index in [1.165, 1.54) is 6.07 Å². The highest BCUT2D eigenvalue weighted by atomic mass is 79.9. The van der Waals surface area contributed by atoms with Crippen molar-refractivity contribution in [3.63, 3.8) is 0 Å². The minimum atomic E-state index is -0.672. The molecule has 4 nitrogen and oxygen atoms in total. The Balaban J connectivity index is 2.05. The Bertz CT molecular complexity index is 454. The van der Waals surface area contributed by atoms with Crippen molar-refractivity contribution in [1.29, 1.82) is 0 Å². The van der Waals surface area contributed by atoms with Crippen LogP contribution in [0.2, 0.25) is 0 Å². The summed E-state index contributed by atoms with van der Waals surface area (Å²) in [5.41, 5.74) is 5.82. The number of ether oxygens (including phenoxy) is 1. The van der Waals surface area contributed by atoms with E-state index in [4.69, 9.17) is 10.5 Å². The number of halogens is 2. The van der Waals surface area contributed by atoms with E-state index >= 15 is 0 Å². The molecule has 1 aliphatic rings. The Morgan fingerprint density at radius 2 is 2.28 bits per heavy atom. The van der Waals surface area contributed by atoms with Crippen molar-refractivity contribution in [2.24, 2.45) is 0 Å². The van der Waals surface area contributed by atoms with Gasteiger partial charge in [-0.2, -0.15) is 0 Å². The van der Waals surface area contributed by atoms with Gasteiger partial charge < -0.3 is 15.8 Å². The van der Waals surface area contributed by atoms with Gasteiger partial charge in [-0.15, -0.1) is 0 Å². The summed E-state index contributed by atoms with van der Waals surface area (Å²) in [6, 6.07) is 2.68. The maximum atomic E-state index is 13.0. The lowest BCUT2D eigenvalue weighted by molar-refractivity contribution is -0.127. The quantitative estimate of drug-likeness (QED) is 0.837. The Kier molecular flexibility index (Phi) is 3.75. The highest BCUT2D eigenvalue weighted by Crippen LogP contribution is 2.33. The highest BCUT2D eigenvalue weighted by molar-refractivity contribution is 9.10. The summed E-state index contributed by atoms with van der Waals surface area (Å²) in [5, 5.41) is 2.83. The van der Waals surface area contributed by atoms with Crippen molar-refractivity contribution in [3.8, 4) is 5.75 Å². The van der Waals surface area contributed by atoms with E-state index in [0.29, 0.717) is 4.47 Å². The smallest absolute Gasteiger partial charge is 0.260 e. The molecular formula is C12H14BrFN2O2. The molecule has 98 valence electrons. The molecule has 0 bridgehead atoms. The molecule has 1 atom stereocenters. The Labute approximate surface area is 113 Å². The molecule has 1 amide bonds. The van der Waals surface area contributed by atoms with E-state index in [1.54, 1.807) is 6.92 Å². The number of benzene rings is 1. The zero-order valence-electron chi connectivity index (χ0n) is 9.87. The number of nitrogens with one attached hydrogen (secondary N) is 1. The average Bonchev–Trinajstić information content (AvgIpc) is 3.06. The Hall–Kier alpha value is -1.30. The van der Waals surface area contributed by atoms with Gasteiger partial charge >= 0.3 is 0 Å². The summed E-state index contributed by atoms with van der Waals surface area (Å²) >= 11 is 3.16. The molecule has 3 N–H and O–H groups in total. The molecule has 2 rings (SSSR count). The van der Waals surface area contributed by atoms with Crippen molar-refractivity contribution in [3.05, 3.63) is 22.4 Å². The van der Waals surface area contributed by atoms with Gasteiger partial charge in [0.15, 0.2) is 11.9 Å². The van der Waals surface area contributed by atoms with Crippen LogP contribution in [0, 0.1) is 5.82 Å². The van der Waals surface area contributed by atoms with Crippen molar-refractivity contribution in [2.75, 3.05) is 5.73 Å². The normalized spacial score (nSPS) is 16.2. The highest BCUT2D eigenvalue weighted by Gasteiger charge is 2.27. The average molecular weight is 317 g/mol. The number of carbonyl (C=O) groups excluding carboxylic acids is 1. The summed E-state index contributed by atoms with van der Waals surface area (Å²) in [6.07, 6.45) is 1.36. The van der Waals surface area contributed by atoms with E-state index in [2.05, 4.69) is 21.2 Å². The van der Waals surface area contributed by atoms with Gasteiger partial charge in [0, 0.05) is 12.1 Å². The molecule has 0 aliphatic heterocycles. The van der Waals surface area contributed by atoms with Gasteiger partial charge in [0.05, 0.1) is 10.2 Å². The molecule has 1 aromatic rings. The molecule has 0 saturated heterocycles. The third kappa shape index (κ3) is 3.13. The van der Waals surface area contributed by atoms with Gasteiger partial charge in [0.1, 0.15) is 5.82 Å². The van der Waals surface area contributed by atoms with Crippen LogP contribution in [-0.2, 0) is 4.79 Å². The van der Waals surface area contributed by atoms with Gasteiger partial charge in [0.2, 0.25) is 0 Å². The van der Waals surface area contributed by atoms with Crippen molar-refractivity contribution >= 4 is 27.5 Å². The summed E-state index contributed by atoms with van der Waals surface area (Å²) in [4.78, 5) is 11.7. The number of amides is 1. The van der Waals surface area contributed by atoms with E-state index in [9.17, 15) is 9.18 Å². The van der Waals surface area contributed by atoms with Crippen LogP contribution >= 0.6 is 15.9 Å². The lowest BCUT2D eigenvalue weighted by Gasteiger charge is -2.17. The Morgan fingerprint density at radius 3 is 2.83 bits per heavy atom. The monoisotopic (exact) mass is 316 g/mol. The molecule has 1 fully saturated rings. The summed E-state index contributed by atoms with van der Waals surface area (Å²) < 4.78 is 18.9. The van der Waals surface area contributed by atoms with Crippen LogP contribution < -0.4 is 15.8 Å². The molecule has 0 radical (unpaired) electrons. The molecule has 1 saturated carbocycles. The zero-order chi connectivity index (χ0) is 13.3. The third-order valence-electron chi connectivity index (χ3n) is 2.62. The summed E-state index contributed by atoms with van der Waals surface area (Å²) in [5.74, 6) is -0.357. The lowest BCUT2D eigenvalue weighted by atomic mass is 10.3. The Morgan fingerprint density at radius 1 is 1.61 bits per heavy atom. The van der Waals surface area contributed by atoms with Crippen LogP contribution in [0.5, 0.6) is 5.75 Å². The maximum absolute atomic E-state index is 13.0. The van der Waals surface area contributed by atoms with Gasteiger partial charge in [-0.3, -0.25) is 4.79 Å². The van der Waals surface area contributed by atoms with E-state index in [0.717, 1.165) is 18.9 Å². The topological polar surface area (TPSA) is 64.3 Å². The summed E-state index contributed by atoms with van der Waals surface area (Å²) in [7, 11) is 0. The zero-order valence-corrected chi connectivity index (χ0v) is 11.5. The van der Waals surface area contributed by atoms with Crippen LogP contribution in [-0.4, -0.2) is 18.1 Å². The molecule has 6 heteroatoms. The first-order chi connectivity index (χ1) is 8.47. The fraction of sp³-hybridized carbons (Fsp3) is 0.417.